The van der Waals surface area contributed by atoms with Gasteiger partial charge in [0.05, 0.1) is 23.5 Å². The molecule has 1 N–H and O–H groups in total. The first-order chi connectivity index (χ1) is 14.6. The summed E-state index contributed by atoms with van der Waals surface area (Å²) >= 11 is 0. The second kappa shape index (κ2) is 8.67. The standard InChI is InChI=1S/C20H19FN8O/c21-16-5-3-6-17(12-16)29-19(24-25-26-29)14-27-8-10-28(11-9-27)20(30)23-18-7-2-1-4-15(18)13-22/h1-7,12H,8-11,14H2,(H,23,30). The molecule has 1 aliphatic heterocycles. The number of carbonyl (C=O) groups is 1. The first-order valence-electron chi connectivity index (χ1n) is 9.44. The molecule has 9 nitrogen and oxygen atoms in total. The van der Waals surface area contributed by atoms with Crippen LogP contribution in [0.1, 0.15) is 11.4 Å². The first kappa shape index (κ1) is 19.5. The van der Waals surface area contributed by atoms with Gasteiger partial charge in [0.1, 0.15) is 11.9 Å². The SMILES string of the molecule is N#Cc1ccccc1NC(=O)N1CCN(Cc2nnnn2-c2cccc(F)c2)CC1. The summed E-state index contributed by atoms with van der Waals surface area (Å²) in [5.74, 6) is 0.244. The Labute approximate surface area is 172 Å². The molecule has 3 aromatic rings. The van der Waals surface area contributed by atoms with Crippen molar-refractivity contribution in [1.29, 1.82) is 5.26 Å². The van der Waals surface area contributed by atoms with Crippen LogP contribution in [0.25, 0.3) is 5.69 Å². The number of aromatic nitrogens is 4. The van der Waals surface area contributed by atoms with Crippen LogP contribution in [0.5, 0.6) is 0 Å². The number of carbonyl (C=O) groups excluding carboxylic acids is 1. The minimum absolute atomic E-state index is 0.234. The number of rotatable bonds is 4. The van der Waals surface area contributed by atoms with Gasteiger partial charge >= 0.3 is 6.03 Å². The van der Waals surface area contributed by atoms with Gasteiger partial charge in [0.2, 0.25) is 0 Å². The van der Waals surface area contributed by atoms with Crippen LogP contribution < -0.4 is 5.32 Å². The second-order valence-electron chi connectivity index (χ2n) is 6.84. The van der Waals surface area contributed by atoms with Gasteiger partial charge in [-0.1, -0.05) is 18.2 Å². The van der Waals surface area contributed by atoms with Crippen LogP contribution in [0, 0.1) is 17.1 Å². The van der Waals surface area contributed by atoms with E-state index in [2.05, 4.69) is 31.8 Å². The van der Waals surface area contributed by atoms with Gasteiger partial charge in [0.25, 0.3) is 0 Å². The highest BCUT2D eigenvalue weighted by Crippen LogP contribution is 2.16. The van der Waals surface area contributed by atoms with Crippen LogP contribution in [0.2, 0.25) is 0 Å². The Hall–Kier alpha value is -3.84. The quantitative estimate of drug-likeness (QED) is 0.711. The van der Waals surface area contributed by atoms with Crippen molar-refractivity contribution >= 4 is 11.7 Å². The predicted molar refractivity (Wildman–Crippen MR) is 106 cm³/mol. The maximum absolute atomic E-state index is 13.5. The smallest absolute Gasteiger partial charge is 0.321 e. The highest BCUT2D eigenvalue weighted by Gasteiger charge is 2.23. The summed E-state index contributed by atoms with van der Waals surface area (Å²) in [6.45, 7) is 2.83. The van der Waals surface area contributed by atoms with Crippen LogP contribution in [0.4, 0.5) is 14.9 Å². The van der Waals surface area contributed by atoms with Crippen LogP contribution in [-0.2, 0) is 6.54 Å². The monoisotopic (exact) mass is 406 g/mol. The number of para-hydroxylation sites is 1. The molecule has 0 saturated carbocycles. The lowest BCUT2D eigenvalue weighted by molar-refractivity contribution is 0.140. The van der Waals surface area contributed by atoms with Crippen LogP contribution in [0.15, 0.2) is 48.5 Å². The van der Waals surface area contributed by atoms with Crippen LogP contribution in [-0.4, -0.2) is 62.2 Å². The Morgan fingerprint density at radius 2 is 1.93 bits per heavy atom. The molecule has 0 spiro atoms. The fraction of sp³-hybridized carbons (Fsp3) is 0.250. The lowest BCUT2D eigenvalue weighted by Crippen LogP contribution is -2.49. The number of piperazine rings is 1. The molecule has 152 valence electrons. The topological polar surface area (TPSA) is 103 Å². The third-order valence-electron chi connectivity index (χ3n) is 4.90. The van der Waals surface area contributed by atoms with Crippen molar-refractivity contribution in [2.24, 2.45) is 0 Å². The normalized spacial score (nSPS) is 14.3. The van der Waals surface area contributed by atoms with Crippen molar-refractivity contribution in [3.05, 3.63) is 65.7 Å². The molecular formula is C20H19FN8O. The molecule has 0 aliphatic carbocycles. The van der Waals surface area contributed by atoms with Gasteiger partial charge < -0.3 is 10.2 Å². The van der Waals surface area contributed by atoms with Crippen molar-refractivity contribution in [3.8, 4) is 11.8 Å². The number of halogens is 1. The Morgan fingerprint density at radius 3 is 2.70 bits per heavy atom. The van der Waals surface area contributed by atoms with Crippen molar-refractivity contribution in [3.63, 3.8) is 0 Å². The van der Waals surface area contributed by atoms with Gasteiger partial charge in [-0.25, -0.2) is 9.18 Å². The van der Waals surface area contributed by atoms with Gasteiger partial charge in [0, 0.05) is 26.2 Å². The van der Waals surface area contributed by atoms with Crippen LogP contribution >= 0.6 is 0 Å². The Kier molecular flexibility index (Phi) is 5.63. The number of nitriles is 1. The summed E-state index contributed by atoms with van der Waals surface area (Å²) in [4.78, 5) is 16.4. The van der Waals surface area contributed by atoms with Crippen molar-refractivity contribution < 1.29 is 9.18 Å². The second-order valence-corrected chi connectivity index (χ2v) is 6.84. The third-order valence-corrected chi connectivity index (χ3v) is 4.90. The van der Waals surface area contributed by atoms with E-state index in [1.807, 2.05) is 0 Å². The minimum atomic E-state index is -0.355. The highest BCUT2D eigenvalue weighted by atomic mass is 19.1. The van der Waals surface area contributed by atoms with Crippen molar-refractivity contribution in [2.75, 3.05) is 31.5 Å². The van der Waals surface area contributed by atoms with E-state index in [9.17, 15) is 9.18 Å². The zero-order valence-electron chi connectivity index (χ0n) is 16.1. The van der Waals surface area contributed by atoms with E-state index >= 15 is 0 Å². The molecule has 0 radical (unpaired) electrons. The van der Waals surface area contributed by atoms with E-state index < -0.39 is 0 Å². The van der Waals surface area contributed by atoms with Gasteiger partial charge in [0.15, 0.2) is 5.82 Å². The molecular weight excluding hydrogens is 387 g/mol. The third kappa shape index (κ3) is 4.26. The molecule has 0 atom stereocenters. The van der Waals surface area contributed by atoms with Gasteiger partial charge in [-0.2, -0.15) is 9.94 Å². The summed E-state index contributed by atoms with van der Waals surface area (Å²) in [5, 5.41) is 23.7. The number of urea groups is 1. The molecule has 2 amide bonds. The van der Waals surface area contributed by atoms with E-state index in [1.54, 1.807) is 41.3 Å². The number of nitrogens with zero attached hydrogens (tertiary/aromatic N) is 7. The number of anilines is 1. The maximum Gasteiger partial charge on any atom is 0.321 e. The number of amides is 2. The average molecular weight is 406 g/mol. The van der Waals surface area contributed by atoms with E-state index in [4.69, 9.17) is 5.26 Å². The molecule has 0 bridgehead atoms. The summed E-state index contributed by atoms with van der Waals surface area (Å²) in [5.41, 5.74) is 1.49. The number of hydrogen-bond donors (Lipinski definition) is 1. The first-order valence-corrected chi connectivity index (χ1v) is 9.44. The maximum atomic E-state index is 13.5. The molecule has 0 unspecified atom stereocenters. The van der Waals surface area contributed by atoms with Gasteiger partial charge in [-0.3, -0.25) is 4.90 Å². The van der Waals surface area contributed by atoms with Gasteiger partial charge in [-0.05, 0) is 40.8 Å². The summed E-state index contributed by atoms with van der Waals surface area (Å²) in [7, 11) is 0. The summed E-state index contributed by atoms with van der Waals surface area (Å²) < 4.78 is 15.0. The largest absolute Gasteiger partial charge is 0.322 e. The molecule has 2 heterocycles. The fourth-order valence-corrected chi connectivity index (χ4v) is 3.31. The van der Waals surface area contributed by atoms with Gasteiger partial charge in [-0.15, -0.1) is 5.10 Å². The summed E-state index contributed by atoms with van der Waals surface area (Å²) in [6.07, 6.45) is 0. The molecule has 2 aromatic carbocycles. The van der Waals surface area contributed by atoms with Crippen molar-refractivity contribution in [2.45, 2.75) is 6.54 Å². The van der Waals surface area contributed by atoms with Crippen LogP contribution in [0.3, 0.4) is 0 Å². The summed E-state index contributed by atoms with van der Waals surface area (Å²) in [6, 6.07) is 14.8. The van der Waals surface area contributed by atoms with E-state index in [0.717, 1.165) is 0 Å². The molecule has 1 saturated heterocycles. The minimum Gasteiger partial charge on any atom is -0.322 e. The number of nitrogens with one attached hydrogen (secondary N) is 1. The molecule has 10 heteroatoms. The Balaban J connectivity index is 1.35. The number of tetrazole rings is 1. The zero-order valence-corrected chi connectivity index (χ0v) is 16.1. The molecule has 30 heavy (non-hydrogen) atoms. The molecule has 1 aromatic heterocycles. The highest BCUT2D eigenvalue weighted by molar-refractivity contribution is 5.90. The molecule has 1 aliphatic rings. The van der Waals surface area contributed by atoms with E-state index in [1.165, 1.54) is 16.8 Å². The lowest BCUT2D eigenvalue weighted by atomic mass is 10.2. The van der Waals surface area contributed by atoms with E-state index in [0.29, 0.717) is 55.5 Å². The fourth-order valence-electron chi connectivity index (χ4n) is 3.31. The predicted octanol–water partition coefficient (Wildman–Crippen LogP) is 2.02. The zero-order chi connectivity index (χ0) is 20.9. The Morgan fingerprint density at radius 1 is 1.13 bits per heavy atom. The number of hydrogen-bond acceptors (Lipinski definition) is 6. The Bertz CT molecular complexity index is 1080. The van der Waals surface area contributed by atoms with E-state index in [-0.39, 0.29) is 11.8 Å². The van der Waals surface area contributed by atoms with Crippen molar-refractivity contribution in [1.82, 2.24) is 30.0 Å². The molecule has 1 fully saturated rings. The average Bonchev–Trinajstić information content (AvgIpc) is 3.23. The number of benzene rings is 2. The molecule has 4 rings (SSSR count). The lowest BCUT2D eigenvalue weighted by Gasteiger charge is -2.34.